The minimum atomic E-state index is -0.282. The van der Waals surface area contributed by atoms with Crippen molar-refractivity contribution in [2.24, 2.45) is 0 Å². The number of hydrogen-bond acceptors (Lipinski definition) is 2. The molecule has 2 aromatic rings. The zero-order chi connectivity index (χ0) is 16.7. The summed E-state index contributed by atoms with van der Waals surface area (Å²) in [7, 11) is 0. The molecule has 1 N–H and O–H groups in total. The van der Waals surface area contributed by atoms with Gasteiger partial charge in [-0.05, 0) is 36.2 Å². The van der Waals surface area contributed by atoms with Gasteiger partial charge < -0.3 is 5.32 Å². The first-order valence-electron chi connectivity index (χ1n) is 7.35. The van der Waals surface area contributed by atoms with Crippen molar-refractivity contribution in [1.29, 1.82) is 0 Å². The number of hydrogen-bond donors (Lipinski definition) is 1. The average molecular weight is 334 g/mol. The highest BCUT2D eigenvalue weighted by atomic mass is 35.5. The third kappa shape index (κ3) is 5.49. The molecule has 0 atom stereocenters. The standard InChI is InChI=1S/C18H17ClFNO2/c19-16-4-2-1-3-15(16)17(22)9-10-18(23)21-12-11-13-5-7-14(20)8-6-13/h1-8H,9-12H2,(H,21,23). The summed E-state index contributed by atoms with van der Waals surface area (Å²) in [6.07, 6.45) is 0.851. The number of carbonyl (C=O) groups is 2. The second-order valence-electron chi connectivity index (χ2n) is 5.13. The first-order valence-corrected chi connectivity index (χ1v) is 7.73. The van der Waals surface area contributed by atoms with Crippen LogP contribution in [0.5, 0.6) is 0 Å². The Balaban J connectivity index is 1.72. The topological polar surface area (TPSA) is 46.2 Å². The zero-order valence-corrected chi connectivity index (χ0v) is 13.3. The lowest BCUT2D eigenvalue weighted by Gasteiger charge is -2.06. The maximum atomic E-state index is 12.8. The molecule has 0 aliphatic carbocycles. The van der Waals surface area contributed by atoms with Crippen LogP contribution >= 0.6 is 11.6 Å². The fourth-order valence-electron chi connectivity index (χ4n) is 2.13. The Bertz CT molecular complexity index is 686. The average Bonchev–Trinajstić information content (AvgIpc) is 2.55. The van der Waals surface area contributed by atoms with Gasteiger partial charge in [-0.3, -0.25) is 9.59 Å². The summed E-state index contributed by atoms with van der Waals surface area (Å²) in [6, 6.07) is 12.9. The lowest BCUT2D eigenvalue weighted by molar-refractivity contribution is -0.121. The Labute approximate surface area is 139 Å². The molecule has 0 bridgehead atoms. The smallest absolute Gasteiger partial charge is 0.220 e. The molecule has 0 radical (unpaired) electrons. The van der Waals surface area contributed by atoms with Crippen LogP contribution in [0.1, 0.15) is 28.8 Å². The molecule has 1 amide bonds. The van der Waals surface area contributed by atoms with Gasteiger partial charge in [0.25, 0.3) is 0 Å². The van der Waals surface area contributed by atoms with Crippen LogP contribution < -0.4 is 5.32 Å². The Kier molecular flexibility index (Phi) is 6.29. The van der Waals surface area contributed by atoms with Crippen LogP contribution in [0.15, 0.2) is 48.5 Å². The monoisotopic (exact) mass is 333 g/mol. The molecular weight excluding hydrogens is 317 g/mol. The molecule has 0 saturated carbocycles. The Hall–Kier alpha value is -2.20. The molecular formula is C18H17ClFNO2. The first-order chi connectivity index (χ1) is 11.1. The minimum Gasteiger partial charge on any atom is -0.356 e. The van der Waals surface area contributed by atoms with E-state index in [9.17, 15) is 14.0 Å². The zero-order valence-electron chi connectivity index (χ0n) is 12.5. The van der Waals surface area contributed by atoms with Gasteiger partial charge in [0.1, 0.15) is 5.82 Å². The SMILES string of the molecule is O=C(CCC(=O)c1ccccc1Cl)NCCc1ccc(F)cc1. The van der Waals surface area contributed by atoms with E-state index in [1.807, 2.05) is 0 Å². The van der Waals surface area contributed by atoms with Gasteiger partial charge >= 0.3 is 0 Å². The quantitative estimate of drug-likeness (QED) is 0.783. The van der Waals surface area contributed by atoms with E-state index in [2.05, 4.69) is 5.32 Å². The van der Waals surface area contributed by atoms with Crippen molar-refractivity contribution in [1.82, 2.24) is 5.32 Å². The molecule has 0 saturated heterocycles. The van der Waals surface area contributed by atoms with Gasteiger partial charge in [-0.1, -0.05) is 35.9 Å². The molecule has 0 fully saturated rings. The highest BCUT2D eigenvalue weighted by molar-refractivity contribution is 6.34. The van der Waals surface area contributed by atoms with Gasteiger partial charge in [-0.25, -0.2) is 4.39 Å². The molecule has 0 spiro atoms. The van der Waals surface area contributed by atoms with Gasteiger partial charge in [0, 0.05) is 24.9 Å². The number of benzene rings is 2. The van der Waals surface area contributed by atoms with Gasteiger partial charge in [0.05, 0.1) is 5.02 Å². The molecule has 0 aliphatic heterocycles. The van der Waals surface area contributed by atoms with Crippen molar-refractivity contribution in [2.75, 3.05) is 6.54 Å². The summed E-state index contributed by atoms with van der Waals surface area (Å²) in [4.78, 5) is 23.7. The summed E-state index contributed by atoms with van der Waals surface area (Å²) >= 11 is 5.95. The van der Waals surface area contributed by atoms with E-state index in [1.165, 1.54) is 12.1 Å². The number of amides is 1. The predicted octanol–water partition coefficient (Wildman–Crippen LogP) is 3.80. The van der Waals surface area contributed by atoms with Crippen molar-refractivity contribution in [3.8, 4) is 0 Å². The summed E-state index contributed by atoms with van der Waals surface area (Å²) in [5, 5.41) is 3.15. The van der Waals surface area contributed by atoms with E-state index in [1.54, 1.807) is 36.4 Å². The van der Waals surface area contributed by atoms with Gasteiger partial charge in [0.2, 0.25) is 5.91 Å². The highest BCUT2D eigenvalue weighted by Gasteiger charge is 2.11. The normalized spacial score (nSPS) is 10.3. The van der Waals surface area contributed by atoms with Crippen molar-refractivity contribution in [3.05, 3.63) is 70.5 Å². The molecule has 0 aromatic heterocycles. The van der Waals surface area contributed by atoms with Crippen LogP contribution in [0.3, 0.4) is 0 Å². The van der Waals surface area contributed by atoms with Gasteiger partial charge in [0.15, 0.2) is 5.78 Å². The number of carbonyl (C=O) groups excluding carboxylic acids is 2. The second-order valence-corrected chi connectivity index (χ2v) is 5.54. The van der Waals surface area contributed by atoms with Crippen LogP contribution in [0.25, 0.3) is 0 Å². The van der Waals surface area contributed by atoms with Gasteiger partial charge in [-0.2, -0.15) is 0 Å². The largest absolute Gasteiger partial charge is 0.356 e. The molecule has 2 aromatic carbocycles. The minimum absolute atomic E-state index is 0.117. The van der Waals surface area contributed by atoms with Crippen LogP contribution in [-0.4, -0.2) is 18.2 Å². The van der Waals surface area contributed by atoms with Crippen molar-refractivity contribution >= 4 is 23.3 Å². The molecule has 23 heavy (non-hydrogen) atoms. The number of Topliss-reactive ketones (excluding diaryl/α,β-unsaturated/α-hetero) is 1. The highest BCUT2D eigenvalue weighted by Crippen LogP contribution is 2.17. The molecule has 5 heteroatoms. The van der Waals surface area contributed by atoms with E-state index in [4.69, 9.17) is 11.6 Å². The first kappa shape index (κ1) is 17.2. The lowest BCUT2D eigenvalue weighted by atomic mass is 10.1. The molecule has 0 heterocycles. The summed E-state index contributed by atoms with van der Waals surface area (Å²) in [6.45, 7) is 0.449. The van der Waals surface area contributed by atoms with E-state index >= 15 is 0 Å². The predicted molar refractivity (Wildman–Crippen MR) is 88.1 cm³/mol. The van der Waals surface area contributed by atoms with E-state index in [-0.39, 0.29) is 30.3 Å². The molecule has 120 valence electrons. The lowest BCUT2D eigenvalue weighted by Crippen LogP contribution is -2.26. The summed E-state index contributed by atoms with van der Waals surface area (Å²) in [5.74, 6) is -0.618. The van der Waals surface area contributed by atoms with Crippen molar-refractivity contribution in [2.45, 2.75) is 19.3 Å². The Morgan fingerprint density at radius 3 is 2.39 bits per heavy atom. The molecule has 2 rings (SSSR count). The maximum Gasteiger partial charge on any atom is 0.220 e. The third-order valence-corrected chi connectivity index (χ3v) is 3.73. The van der Waals surface area contributed by atoms with Crippen molar-refractivity contribution in [3.63, 3.8) is 0 Å². The summed E-state index contributed by atoms with van der Waals surface area (Å²) in [5.41, 5.74) is 1.38. The van der Waals surface area contributed by atoms with E-state index in [0.29, 0.717) is 23.6 Å². The number of halogens is 2. The third-order valence-electron chi connectivity index (χ3n) is 3.40. The molecule has 3 nitrogen and oxygen atoms in total. The van der Waals surface area contributed by atoms with Crippen LogP contribution in [0.4, 0.5) is 4.39 Å². The molecule has 0 aliphatic rings. The Morgan fingerprint density at radius 2 is 1.70 bits per heavy atom. The number of rotatable bonds is 7. The van der Waals surface area contributed by atoms with Gasteiger partial charge in [-0.15, -0.1) is 0 Å². The van der Waals surface area contributed by atoms with Crippen LogP contribution in [0, 0.1) is 5.82 Å². The second kappa shape index (κ2) is 8.44. The number of nitrogens with one attached hydrogen (secondary N) is 1. The van der Waals surface area contributed by atoms with Crippen LogP contribution in [0.2, 0.25) is 5.02 Å². The van der Waals surface area contributed by atoms with Crippen molar-refractivity contribution < 1.29 is 14.0 Å². The molecule has 0 unspecified atom stereocenters. The Morgan fingerprint density at radius 1 is 1.00 bits per heavy atom. The fraction of sp³-hybridized carbons (Fsp3) is 0.222. The fourth-order valence-corrected chi connectivity index (χ4v) is 2.38. The summed E-state index contributed by atoms with van der Waals surface area (Å²) < 4.78 is 12.8. The number of ketones is 1. The van der Waals surface area contributed by atoms with E-state index in [0.717, 1.165) is 5.56 Å². The van der Waals surface area contributed by atoms with E-state index < -0.39 is 0 Å². The maximum absolute atomic E-state index is 12.8. The van der Waals surface area contributed by atoms with Crippen LogP contribution in [-0.2, 0) is 11.2 Å².